The van der Waals surface area contributed by atoms with Gasteiger partial charge in [-0.25, -0.2) is 9.37 Å². The molecular weight excluding hydrogens is 341 g/mol. The van der Waals surface area contributed by atoms with Gasteiger partial charge < -0.3 is 4.90 Å². The topological polar surface area (TPSA) is 38.1 Å². The van der Waals surface area contributed by atoms with Crippen LogP contribution in [0.1, 0.15) is 5.56 Å². The van der Waals surface area contributed by atoms with Gasteiger partial charge in [0.15, 0.2) is 5.43 Å². The van der Waals surface area contributed by atoms with Crippen LogP contribution in [-0.2, 0) is 0 Å². The Morgan fingerprint density at radius 2 is 1.63 bits per heavy atom. The molecular formula is C22H18FN3O. The molecule has 0 aliphatic heterocycles. The lowest BCUT2D eigenvalue weighted by Crippen LogP contribution is -2.21. The highest BCUT2D eigenvalue weighted by molar-refractivity contribution is 5.84. The van der Waals surface area contributed by atoms with Gasteiger partial charge in [-0.15, -0.1) is 0 Å². The SMILES string of the molecule is Cc1c(F)cnc2c1c(=O)cc(N(C)c1ccccc1)n2-c1ccccc1. The predicted octanol–water partition coefficient (Wildman–Crippen LogP) is 4.60. The molecule has 4 rings (SSSR count). The van der Waals surface area contributed by atoms with Crippen LogP contribution in [-0.4, -0.2) is 16.6 Å². The van der Waals surface area contributed by atoms with Gasteiger partial charge >= 0.3 is 0 Å². The van der Waals surface area contributed by atoms with Crippen molar-refractivity contribution < 1.29 is 4.39 Å². The Bertz CT molecular complexity index is 1170. The third-order valence-corrected chi connectivity index (χ3v) is 4.71. The molecule has 0 amide bonds. The van der Waals surface area contributed by atoms with E-state index in [4.69, 9.17) is 0 Å². The first-order valence-corrected chi connectivity index (χ1v) is 8.63. The standard InChI is InChI=1S/C22H18FN3O/c1-15-18(23)14-24-22-21(15)19(27)13-20(25(2)16-9-5-3-6-10-16)26(22)17-11-7-4-8-12-17/h3-14H,1-2H3. The van der Waals surface area contributed by atoms with Gasteiger partial charge in [-0.2, -0.15) is 0 Å². The first-order chi connectivity index (χ1) is 13.1. The zero-order chi connectivity index (χ0) is 19.0. The lowest BCUT2D eigenvalue weighted by atomic mass is 10.1. The maximum Gasteiger partial charge on any atom is 0.193 e. The highest BCUT2D eigenvalue weighted by atomic mass is 19.1. The second kappa shape index (κ2) is 6.68. The summed E-state index contributed by atoms with van der Waals surface area (Å²) in [5, 5.41) is 0.295. The van der Waals surface area contributed by atoms with Gasteiger partial charge in [0.2, 0.25) is 0 Å². The quantitative estimate of drug-likeness (QED) is 0.536. The van der Waals surface area contributed by atoms with E-state index in [9.17, 15) is 9.18 Å². The second-order valence-electron chi connectivity index (χ2n) is 6.36. The number of nitrogens with zero attached hydrogens (tertiary/aromatic N) is 3. The maximum atomic E-state index is 14.1. The first kappa shape index (κ1) is 17.0. The van der Waals surface area contributed by atoms with Gasteiger partial charge in [-0.3, -0.25) is 9.36 Å². The number of anilines is 2. The van der Waals surface area contributed by atoms with Crippen molar-refractivity contribution in [1.82, 2.24) is 9.55 Å². The molecule has 0 aliphatic rings. The van der Waals surface area contributed by atoms with Crippen molar-refractivity contribution in [2.75, 3.05) is 11.9 Å². The Morgan fingerprint density at radius 3 is 2.30 bits per heavy atom. The molecule has 0 bridgehead atoms. The third-order valence-electron chi connectivity index (χ3n) is 4.71. The number of halogens is 1. The van der Waals surface area contributed by atoms with E-state index >= 15 is 0 Å². The number of para-hydroxylation sites is 2. The van der Waals surface area contributed by atoms with E-state index in [1.165, 1.54) is 12.3 Å². The van der Waals surface area contributed by atoms with Gasteiger partial charge in [0.1, 0.15) is 17.3 Å². The number of fused-ring (bicyclic) bond motifs is 1. The van der Waals surface area contributed by atoms with Gasteiger partial charge in [0, 0.05) is 30.1 Å². The van der Waals surface area contributed by atoms with Crippen LogP contribution in [0, 0.1) is 12.7 Å². The Balaban J connectivity index is 2.10. The van der Waals surface area contributed by atoms with E-state index in [2.05, 4.69) is 4.98 Å². The summed E-state index contributed by atoms with van der Waals surface area (Å²) in [7, 11) is 1.89. The lowest BCUT2D eigenvalue weighted by molar-refractivity contribution is 0.614. The number of hydrogen-bond acceptors (Lipinski definition) is 3. The van der Waals surface area contributed by atoms with Crippen LogP contribution in [0.5, 0.6) is 0 Å². The fourth-order valence-corrected chi connectivity index (χ4v) is 3.26. The molecule has 27 heavy (non-hydrogen) atoms. The summed E-state index contributed by atoms with van der Waals surface area (Å²) in [4.78, 5) is 19.0. The fourth-order valence-electron chi connectivity index (χ4n) is 3.26. The molecule has 0 saturated carbocycles. The molecule has 0 radical (unpaired) electrons. The second-order valence-corrected chi connectivity index (χ2v) is 6.36. The summed E-state index contributed by atoms with van der Waals surface area (Å²) in [6.45, 7) is 1.61. The van der Waals surface area contributed by atoms with E-state index in [0.717, 1.165) is 11.4 Å². The average molecular weight is 359 g/mol. The minimum absolute atomic E-state index is 0.250. The van der Waals surface area contributed by atoms with E-state index in [1.54, 1.807) is 6.92 Å². The number of aromatic nitrogens is 2. The highest BCUT2D eigenvalue weighted by Gasteiger charge is 2.18. The van der Waals surface area contributed by atoms with Crippen LogP contribution < -0.4 is 10.3 Å². The summed E-state index contributed by atoms with van der Waals surface area (Å²) in [5.41, 5.74) is 2.27. The molecule has 4 aromatic rings. The maximum absolute atomic E-state index is 14.1. The van der Waals surface area contributed by atoms with Crippen molar-refractivity contribution in [3.8, 4) is 5.69 Å². The van der Waals surface area contributed by atoms with Crippen LogP contribution in [0.15, 0.2) is 77.7 Å². The van der Waals surface area contributed by atoms with Crippen LogP contribution >= 0.6 is 0 Å². The van der Waals surface area contributed by atoms with Gasteiger partial charge in [-0.1, -0.05) is 36.4 Å². The van der Waals surface area contributed by atoms with E-state index in [-0.39, 0.29) is 5.43 Å². The highest BCUT2D eigenvalue weighted by Crippen LogP contribution is 2.29. The van der Waals surface area contributed by atoms with Crippen molar-refractivity contribution in [2.45, 2.75) is 6.92 Å². The molecule has 0 N–H and O–H groups in total. The average Bonchev–Trinajstić information content (AvgIpc) is 2.71. The molecule has 4 nitrogen and oxygen atoms in total. The predicted molar refractivity (Wildman–Crippen MR) is 107 cm³/mol. The molecule has 2 aromatic carbocycles. The van der Waals surface area contributed by atoms with E-state index in [1.807, 2.05) is 77.2 Å². The van der Waals surface area contributed by atoms with Crippen LogP contribution in [0.4, 0.5) is 15.9 Å². The monoisotopic (exact) mass is 359 g/mol. The number of rotatable bonds is 3. The molecule has 0 fully saturated rings. The third kappa shape index (κ3) is 2.87. The first-order valence-electron chi connectivity index (χ1n) is 8.63. The molecule has 0 saturated heterocycles. The van der Waals surface area contributed by atoms with Gasteiger partial charge in [0.05, 0.1) is 11.6 Å². The minimum Gasteiger partial charge on any atom is -0.330 e. The normalized spacial score (nSPS) is 10.9. The summed E-state index contributed by atoms with van der Waals surface area (Å²) in [5.74, 6) is 0.173. The van der Waals surface area contributed by atoms with Gasteiger partial charge in [-0.05, 0) is 31.2 Å². The minimum atomic E-state index is -0.483. The molecule has 0 spiro atoms. The van der Waals surface area contributed by atoms with Crippen molar-refractivity contribution in [3.05, 3.63) is 94.5 Å². The zero-order valence-corrected chi connectivity index (χ0v) is 15.1. The van der Waals surface area contributed by atoms with E-state index in [0.29, 0.717) is 22.4 Å². The number of aryl methyl sites for hydroxylation is 1. The fraction of sp³-hybridized carbons (Fsp3) is 0.0909. The summed E-state index contributed by atoms with van der Waals surface area (Å²) >= 11 is 0. The Hall–Kier alpha value is -3.47. The molecule has 0 atom stereocenters. The summed E-state index contributed by atoms with van der Waals surface area (Å²) < 4.78 is 16.0. The van der Waals surface area contributed by atoms with E-state index < -0.39 is 5.82 Å². The molecule has 5 heteroatoms. The Labute approximate surface area is 156 Å². The van der Waals surface area contributed by atoms with Crippen molar-refractivity contribution >= 4 is 22.5 Å². The zero-order valence-electron chi connectivity index (χ0n) is 15.1. The Kier molecular flexibility index (Phi) is 4.20. The number of pyridine rings is 2. The largest absolute Gasteiger partial charge is 0.330 e. The molecule has 2 aromatic heterocycles. The van der Waals surface area contributed by atoms with Crippen LogP contribution in [0.2, 0.25) is 0 Å². The van der Waals surface area contributed by atoms with Crippen molar-refractivity contribution in [2.24, 2.45) is 0 Å². The molecule has 134 valence electrons. The van der Waals surface area contributed by atoms with Crippen molar-refractivity contribution in [3.63, 3.8) is 0 Å². The van der Waals surface area contributed by atoms with Crippen LogP contribution in [0.3, 0.4) is 0 Å². The Morgan fingerprint density at radius 1 is 1.00 bits per heavy atom. The van der Waals surface area contributed by atoms with Crippen LogP contribution in [0.25, 0.3) is 16.7 Å². The number of hydrogen-bond donors (Lipinski definition) is 0. The molecule has 2 heterocycles. The summed E-state index contributed by atoms with van der Waals surface area (Å²) in [6, 6.07) is 20.9. The van der Waals surface area contributed by atoms with Gasteiger partial charge in [0.25, 0.3) is 0 Å². The van der Waals surface area contributed by atoms with Crippen molar-refractivity contribution in [1.29, 1.82) is 0 Å². The smallest absolute Gasteiger partial charge is 0.193 e. The summed E-state index contributed by atoms with van der Waals surface area (Å²) in [6.07, 6.45) is 1.17. The molecule has 0 unspecified atom stereocenters. The molecule has 0 aliphatic carbocycles. The lowest BCUT2D eigenvalue weighted by Gasteiger charge is -2.25. The number of benzene rings is 2.